The average Bonchev–Trinajstić information content (AvgIpc) is 2.77. The molecule has 1 unspecified atom stereocenters. The molecule has 8 heteroatoms. The lowest BCUT2D eigenvalue weighted by molar-refractivity contribution is -0.141. The monoisotopic (exact) mass is 377 g/mol. The van der Waals surface area contributed by atoms with Gasteiger partial charge in [-0.2, -0.15) is 13.2 Å². The first kappa shape index (κ1) is 19.8. The van der Waals surface area contributed by atoms with Gasteiger partial charge in [0.25, 0.3) is 0 Å². The number of rotatable bonds is 4. The van der Waals surface area contributed by atoms with E-state index in [1.165, 1.54) is 23.1 Å². The molecule has 140 valence electrons. The molecule has 0 radical (unpaired) electrons. The summed E-state index contributed by atoms with van der Waals surface area (Å²) in [6.07, 6.45) is -0.951. The van der Waals surface area contributed by atoms with Gasteiger partial charge in [0.1, 0.15) is 9.84 Å². The van der Waals surface area contributed by atoms with Gasteiger partial charge in [0.05, 0.1) is 17.4 Å². The molecule has 0 aromatic heterocycles. The molecule has 0 aliphatic carbocycles. The van der Waals surface area contributed by atoms with Crippen LogP contribution in [0.4, 0.5) is 13.2 Å². The molecule has 25 heavy (non-hydrogen) atoms. The summed E-state index contributed by atoms with van der Waals surface area (Å²) in [6.45, 7) is 0.347. The molecule has 1 amide bonds. The number of sulfone groups is 1. The topological polar surface area (TPSA) is 54.5 Å². The highest BCUT2D eigenvalue weighted by Gasteiger charge is 2.37. The molecule has 1 aromatic carbocycles. The zero-order chi connectivity index (χ0) is 18.7. The second-order valence-corrected chi connectivity index (χ2v) is 8.68. The molecule has 1 aromatic rings. The van der Waals surface area contributed by atoms with E-state index < -0.39 is 33.5 Å². The number of halogens is 3. The highest BCUT2D eigenvalue weighted by molar-refractivity contribution is 7.90. The SMILES string of the molecule is CS(=O)(=O)CCC(=O)N1CCCCCC1c1ccccc1C(F)(F)F. The third-order valence-electron chi connectivity index (χ3n) is 4.39. The van der Waals surface area contributed by atoms with Crippen molar-refractivity contribution in [1.82, 2.24) is 4.90 Å². The number of likely N-dealkylation sites (tertiary alicyclic amines) is 1. The maximum Gasteiger partial charge on any atom is 0.416 e. The Kier molecular flexibility index (Phi) is 6.13. The minimum Gasteiger partial charge on any atom is -0.336 e. The van der Waals surface area contributed by atoms with Crippen molar-refractivity contribution in [3.05, 3.63) is 35.4 Å². The standard InChI is InChI=1S/C17H22F3NO3S/c1-25(23,24)12-10-16(22)21-11-6-2-3-9-15(21)13-7-4-5-8-14(13)17(18,19)20/h4-5,7-8,15H,2-3,6,9-12H2,1H3. The molecule has 0 saturated carbocycles. The lowest BCUT2D eigenvalue weighted by Crippen LogP contribution is -2.36. The van der Waals surface area contributed by atoms with Crippen molar-refractivity contribution in [3.63, 3.8) is 0 Å². The van der Waals surface area contributed by atoms with Crippen LogP contribution in [0.15, 0.2) is 24.3 Å². The van der Waals surface area contributed by atoms with Gasteiger partial charge in [-0.25, -0.2) is 8.42 Å². The van der Waals surface area contributed by atoms with Gasteiger partial charge in [-0.1, -0.05) is 31.0 Å². The van der Waals surface area contributed by atoms with E-state index >= 15 is 0 Å². The molecule has 0 bridgehead atoms. The molecule has 1 fully saturated rings. The minimum atomic E-state index is -4.50. The number of hydrogen-bond donors (Lipinski definition) is 0. The van der Waals surface area contributed by atoms with E-state index in [0.29, 0.717) is 19.4 Å². The van der Waals surface area contributed by atoms with Crippen LogP contribution in [0.25, 0.3) is 0 Å². The molecule has 2 rings (SSSR count). The number of amides is 1. The first-order valence-electron chi connectivity index (χ1n) is 8.23. The third-order valence-corrected chi connectivity index (χ3v) is 5.33. The Balaban J connectivity index is 2.34. The van der Waals surface area contributed by atoms with Gasteiger partial charge in [0.15, 0.2) is 0 Å². The van der Waals surface area contributed by atoms with Crippen LogP contribution in [0.5, 0.6) is 0 Å². The van der Waals surface area contributed by atoms with Crippen molar-refractivity contribution < 1.29 is 26.4 Å². The summed E-state index contributed by atoms with van der Waals surface area (Å²) in [5, 5.41) is 0. The van der Waals surface area contributed by atoms with Gasteiger partial charge in [-0.05, 0) is 24.5 Å². The van der Waals surface area contributed by atoms with Gasteiger partial charge in [0, 0.05) is 19.2 Å². The summed E-state index contributed by atoms with van der Waals surface area (Å²) in [5.74, 6) is -0.704. The smallest absolute Gasteiger partial charge is 0.336 e. The molecular formula is C17H22F3NO3S. The second kappa shape index (κ2) is 7.76. The molecular weight excluding hydrogens is 355 g/mol. The van der Waals surface area contributed by atoms with Crippen molar-refractivity contribution in [2.45, 2.75) is 44.3 Å². The lowest BCUT2D eigenvalue weighted by atomic mass is 9.95. The quantitative estimate of drug-likeness (QED) is 0.806. The maximum absolute atomic E-state index is 13.4. The Labute approximate surface area is 145 Å². The zero-order valence-corrected chi connectivity index (χ0v) is 14.9. The van der Waals surface area contributed by atoms with Crippen molar-refractivity contribution in [2.75, 3.05) is 18.6 Å². The van der Waals surface area contributed by atoms with Crippen LogP contribution in [0.1, 0.15) is 49.3 Å². The van der Waals surface area contributed by atoms with Gasteiger partial charge in [0.2, 0.25) is 5.91 Å². The number of nitrogens with zero attached hydrogens (tertiary/aromatic N) is 1. The fourth-order valence-corrected chi connectivity index (χ4v) is 3.74. The summed E-state index contributed by atoms with van der Waals surface area (Å²) in [6, 6.07) is 4.63. The Morgan fingerprint density at radius 3 is 2.52 bits per heavy atom. The summed E-state index contributed by atoms with van der Waals surface area (Å²) < 4.78 is 62.7. The first-order valence-corrected chi connectivity index (χ1v) is 10.3. The minimum absolute atomic E-state index is 0.0876. The maximum atomic E-state index is 13.4. The third kappa shape index (κ3) is 5.45. The summed E-state index contributed by atoms with van der Waals surface area (Å²) in [4.78, 5) is 14.0. The molecule has 1 aliphatic heterocycles. The van der Waals surface area contributed by atoms with Crippen LogP contribution in [0.3, 0.4) is 0 Å². The first-order chi connectivity index (χ1) is 11.6. The van der Waals surface area contributed by atoms with Crippen molar-refractivity contribution in [2.24, 2.45) is 0 Å². The fourth-order valence-electron chi connectivity index (χ4n) is 3.19. The van der Waals surface area contributed by atoms with Crippen molar-refractivity contribution >= 4 is 15.7 Å². The summed E-state index contributed by atoms with van der Waals surface area (Å²) >= 11 is 0. The molecule has 0 spiro atoms. The molecule has 1 heterocycles. The van der Waals surface area contributed by atoms with E-state index in [1.807, 2.05) is 0 Å². The van der Waals surface area contributed by atoms with Crippen LogP contribution < -0.4 is 0 Å². The van der Waals surface area contributed by atoms with E-state index in [0.717, 1.165) is 25.2 Å². The Bertz CT molecular complexity index is 716. The van der Waals surface area contributed by atoms with E-state index in [-0.39, 0.29) is 17.7 Å². The highest BCUT2D eigenvalue weighted by atomic mass is 32.2. The number of carbonyl (C=O) groups is 1. The molecule has 4 nitrogen and oxygen atoms in total. The number of benzene rings is 1. The second-order valence-electron chi connectivity index (χ2n) is 6.42. The molecule has 1 saturated heterocycles. The Morgan fingerprint density at radius 2 is 1.88 bits per heavy atom. The van der Waals surface area contributed by atoms with Crippen LogP contribution in [-0.2, 0) is 20.8 Å². The lowest BCUT2D eigenvalue weighted by Gasteiger charge is -2.32. The normalized spacial score (nSPS) is 19.5. The molecule has 0 N–H and O–H groups in total. The van der Waals surface area contributed by atoms with Gasteiger partial charge >= 0.3 is 6.18 Å². The molecule has 1 atom stereocenters. The number of alkyl halides is 3. The van der Waals surface area contributed by atoms with Crippen molar-refractivity contribution in [1.29, 1.82) is 0 Å². The largest absolute Gasteiger partial charge is 0.416 e. The number of carbonyl (C=O) groups excluding carboxylic acids is 1. The van der Waals surface area contributed by atoms with Crippen LogP contribution in [0.2, 0.25) is 0 Å². The highest BCUT2D eigenvalue weighted by Crippen LogP contribution is 2.39. The summed E-state index contributed by atoms with van der Waals surface area (Å²) in [5.41, 5.74) is -0.646. The van der Waals surface area contributed by atoms with Crippen LogP contribution >= 0.6 is 0 Å². The fraction of sp³-hybridized carbons (Fsp3) is 0.588. The molecule has 1 aliphatic rings. The van der Waals surface area contributed by atoms with Crippen molar-refractivity contribution in [3.8, 4) is 0 Å². The van der Waals surface area contributed by atoms with E-state index in [4.69, 9.17) is 0 Å². The Morgan fingerprint density at radius 1 is 1.20 bits per heavy atom. The zero-order valence-electron chi connectivity index (χ0n) is 14.1. The van der Waals surface area contributed by atoms with E-state index in [9.17, 15) is 26.4 Å². The van der Waals surface area contributed by atoms with Gasteiger partial charge in [-0.3, -0.25) is 4.79 Å². The predicted octanol–water partition coefficient (Wildman–Crippen LogP) is 3.58. The van der Waals surface area contributed by atoms with Gasteiger partial charge < -0.3 is 4.90 Å². The van der Waals surface area contributed by atoms with Crippen LogP contribution in [-0.4, -0.2) is 37.8 Å². The Hall–Kier alpha value is -1.57. The predicted molar refractivity (Wildman–Crippen MR) is 88.7 cm³/mol. The van der Waals surface area contributed by atoms with Gasteiger partial charge in [-0.15, -0.1) is 0 Å². The van der Waals surface area contributed by atoms with Crippen LogP contribution in [0, 0.1) is 0 Å². The number of hydrogen-bond acceptors (Lipinski definition) is 3. The average molecular weight is 377 g/mol. The van der Waals surface area contributed by atoms with E-state index in [1.54, 1.807) is 0 Å². The summed E-state index contributed by atoms with van der Waals surface area (Å²) in [7, 11) is -3.31. The van der Waals surface area contributed by atoms with E-state index in [2.05, 4.69) is 0 Å².